The second-order valence-electron chi connectivity index (χ2n) is 8.91. The van der Waals surface area contributed by atoms with Crippen LogP contribution in [0.25, 0.3) is 0 Å². The van der Waals surface area contributed by atoms with Crippen molar-refractivity contribution in [2.45, 2.75) is 45.6 Å². The zero-order valence-electron chi connectivity index (χ0n) is 16.3. The van der Waals surface area contributed by atoms with Crippen molar-refractivity contribution in [3.05, 3.63) is 29.3 Å². The minimum absolute atomic E-state index is 0.145. The van der Waals surface area contributed by atoms with Gasteiger partial charge in [0.15, 0.2) is 5.78 Å². The number of piperidine rings is 1. The predicted molar refractivity (Wildman–Crippen MR) is 103 cm³/mol. The van der Waals surface area contributed by atoms with Crippen molar-refractivity contribution in [3.8, 4) is 0 Å². The van der Waals surface area contributed by atoms with Crippen LogP contribution in [-0.2, 0) is 15.7 Å². The zero-order chi connectivity index (χ0) is 19.3. The maximum atomic E-state index is 13.1. The Labute approximate surface area is 155 Å². The Morgan fingerprint density at radius 2 is 1.81 bits per heavy atom. The molecule has 142 valence electrons. The Bertz CT molecular complexity index is 795. The lowest BCUT2D eigenvalue weighted by molar-refractivity contribution is 0.0114. The number of hydrogen-bond donors (Lipinski definition) is 0. The first-order chi connectivity index (χ1) is 11.9. The number of fused-ring (bicyclic) bond motifs is 1. The van der Waals surface area contributed by atoms with Crippen LogP contribution in [0.15, 0.2) is 18.2 Å². The maximum absolute atomic E-state index is 13.1. The number of amides is 1. The number of nitrogens with zero attached hydrogens (tertiary/aromatic N) is 1. The molecule has 1 amide bonds. The molecule has 1 aliphatic heterocycles. The van der Waals surface area contributed by atoms with E-state index in [1.807, 2.05) is 39.0 Å². The number of Topliss-reactive ketones (excluding diaryl/α,β-unsaturated/α-hetero) is 1. The second kappa shape index (κ2) is 6.23. The second-order valence-corrected chi connectivity index (χ2v) is 12.1. The van der Waals surface area contributed by atoms with Crippen molar-refractivity contribution in [1.82, 2.24) is 4.90 Å². The van der Waals surface area contributed by atoms with Crippen LogP contribution in [0.4, 0.5) is 4.79 Å². The number of ether oxygens (including phenoxy) is 1. The summed E-state index contributed by atoms with van der Waals surface area (Å²) in [6.45, 7) is 10.1. The molecule has 6 heteroatoms. The van der Waals surface area contributed by atoms with Crippen molar-refractivity contribution in [2.24, 2.45) is 5.41 Å². The van der Waals surface area contributed by atoms with E-state index in [9.17, 15) is 14.2 Å². The molecule has 1 aliphatic carbocycles. The molecular weight excluding hydrogens is 349 g/mol. The summed E-state index contributed by atoms with van der Waals surface area (Å²) in [6, 6.07) is 5.58. The van der Waals surface area contributed by atoms with Gasteiger partial charge >= 0.3 is 6.09 Å². The van der Waals surface area contributed by atoms with Crippen molar-refractivity contribution in [2.75, 3.05) is 26.4 Å². The van der Waals surface area contributed by atoms with Crippen molar-refractivity contribution >= 4 is 24.3 Å². The van der Waals surface area contributed by atoms with Crippen LogP contribution in [0.5, 0.6) is 0 Å². The molecular formula is C20H28NO4P. The molecule has 0 unspecified atom stereocenters. The highest BCUT2D eigenvalue weighted by Crippen LogP contribution is 2.47. The van der Waals surface area contributed by atoms with E-state index in [0.717, 1.165) is 16.4 Å². The van der Waals surface area contributed by atoms with E-state index in [2.05, 4.69) is 0 Å². The molecule has 1 aromatic rings. The van der Waals surface area contributed by atoms with Gasteiger partial charge in [0.1, 0.15) is 12.7 Å². The molecule has 5 nitrogen and oxygen atoms in total. The third kappa shape index (κ3) is 3.46. The molecule has 0 saturated carbocycles. The summed E-state index contributed by atoms with van der Waals surface area (Å²) in [4.78, 5) is 27.1. The molecule has 1 heterocycles. The number of carbonyl (C=O) groups excluding carboxylic acids is 2. The van der Waals surface area contributed by atoms with Gasteiger partial charge in [0.25, 0.3) is 0 Å². The van der Waals surface area contributed by atoms with Gasteiger partial charge in [-0.2, -0.15) is 0 Å². The molecule has 1 aromatic carbocycles. The Kier molecular flexibility index (Phi) is 4.59. The Morgan fingerprint density at radius 1 is 1.19 bits per heavy atom. The van der Waals surface area contributed by atoms with Crippen molar-refractivity contribution in [3.63, 3.8) is 0 Å². The predicted octanol–water partition coefficient (Wildman–Crippen LogP) is 3.69. The van der Waals surface area contributed by atoms with Crippen LogP contribution in [0.2, 0.25) is 0 Å². The number of benzene rings is 1. The molecule has 1 saturated heterocycles. The third-order valence-corrected chi connectivity index (χ3v) is 6.92. The molecule has 0 atom stereocenters. The van der Waals surface area contributed by atoms with Crippen LogP contribution in [0, 0.1) is 5.41 Å². The number of rotatable bonds is 1. The zero-order valence-corrected chi connectivity index (χ0v) is 17.2. The smallest absolute Gasteiger partial charge is 0.410 e. The fourth-order valence-corrected chi connectivity index (χ4v) is 5.32. The lowest BCUT2D eigenvalue weighted by atomic mass is 9.75. The van der Waals surface area contributed by atoms with Crippen LogP contribution in [-0.4, -0.2) is 48.8 Å². The first-order valence-electron chi connectivity index (χ1n) is 9.13. The van der Waals surface area contributed by atoms with Gasteiger partial charge in [-0.25, -0.2) is 4.79 Å². The average Bonchev–Trinajstić information content (AvgIpc) is 2.78. The van der Waals surface area contributed by atoms with E-state index in [4.69, 9.17) is 4.74 Å². The summed E-state index contributed by atoms with van der Waals surface area (Å²) in [5, 5.41) is 0.829. The molecule has 1 fully saturated rings. The van der Waals surface area contributed by atoms with Gasteiger partial charge in [-0.15, -0.1) is 0 Å². The Balaban J connectivity index is 1.79. The SMILES string of the molecule is CC(C)(C)OC(=O)N1CCC2(CC1)Cc1c(cccc1P(C)(C)=O)C2=O. The van der Waals surface area contributed by atoms with Gasteiger partial charge in [-0.05, 0) is 58.9 Å². The van der Waals surface area contributed by atoms with Crippen LogP contribution in [0.1, 0.15) is 49.5 Å². The monoisotopic (exact) mass is 377 g/mol. The van der Waals surface area contributed by atoms with E-state index >= 15 is 0 Å². The average molecular weight is 377 g/mol. The molecule has 0 aromatic heterocycles. The van der Waals surface area contributed by atoms with Gasteiger partial charge in [0.05, 0.1) is 0 Å². The molecule has 2 aliphatic rings. The first-order valence-corrected chi connectivity index (χ1v) is 11.7. The quantitative estimate of drug-likeness (QED) is 0.700. The van der Waals surface area contributed by atoms with Crippen LogP contribution >= 0.6 is 7.14 Å². The fourth-order valence-electron chi connectivity index (χ4n) is 4.03. The first kappa shape index (κ1) is 19.2. The maximum Gasteiger partial charge on any atom is 0.410 e. The molecule has 1 spiro atoms. The topological polar surface area (TPSA) is 63.7 Å². The summed E-state index contributed by atoms with van der Waals surface area (Å²) in [5.41, 5.74) is 0.685. The standard InChI is InChI=1S/C20H28NO4P/c1-19(2,3)25-18(23)21-11-9-20(10-12-21)13-15-14(17(20)22)7-6-8-16(15)26(4,5)24/h6-8H,9-13H2,1-5H3. The summed E-state index contributed by atoms with van der Waals surface area (Å²) in [5.74, 6) is 0.145. The largest absolute Gasteiger partial charge is 0.444 e. The van der Waals surface area contributed by atoms with Gasteiger partial charge in [-0.1, -0.05) is 18.2 Å². The molecule has 0 bridgehead atoms. The van der Waals surface area contributed by atoms with E-state index < -0.39 is 18.2 Å². The van der Waals surface area contributed by atoms with E-state index in [1.54, 1.807) is 18.2 Å². The molecule has 0 radical (unpaired) electrons. The van der Waals surface area contributed by atoms with Crippen molar-refractivity contribution in [1.29, 1.82) is 0 Å². The molecule has 3 rings (SSSR count). The number of hydrogen-bond acceptors (Lipinski definition) is 4. The highest BCUT2D eigenvalue weighted by atomic mass is 31.2. The highest BCUT2D eigenvalue weighted by molar-refractivity contribution is 7.70. The Morgan fingerprint density at radius 3 is 2.35 bits per heavy atom. The summed E-state index contributed by atoms with van der Waals surface area (Å²) in [6.07, 6.45) is 1.56. The lowest BCUT2D eigenvalue weighted by Gasteiger charge is -2.38. The summed E-state index contributed by atoms with van der Waals surface area (Å²) < 4.78 is 18.1. The van der Waals surface area contributed by atoms with E-state index in [-0.39, 0.29) is 11.9 Å². The minimum Gasteiger partial charge on any atom is -0.444 e. The minimum atomic E-state index is -2.44. The normalized spacial score (nSPS) is 19.6. The number of carbonyl (C=O) groups is 2. The summed E-state index contributed by atoms with van der Waals surface area (Å²) >= 11 is 0. The number of likely N-dealkylation sites (tertiary alicyclic amines) is 1. The number of ketones is 1. The van der Waals surface area contributed by atoms with Gasteiger partial charge in [-0.3, -0.25) is 4.79 Å². The van der Waals surface area contributed by atoms with Crippen LogP contribution in [0.3, 0.4) is 0 Å². The lowest BCUT2D eigenvalue weighted by Crippen LogP contribution is -2.47. The van der Waals surface area contributed by atoms with Crippen molar-refractivity contribution < 1.29 is 18.9 Å². The van der Waals surface area contributed by atoms with E-state index in [0.29, 0.717) is 32.4 Å². The van der Waals surface area contributed by atoms with Crippen LogP contribution < -0.4 is 5.30 Å². The van der Waals surface area contributed by atoms with E-state index in [1.165, 1.54) is 0 Å². The summed E-state index contributed by atoms with van der Waals surface area (Å²) in [7, 11) is -2.44. The van der Waals surface area contributed by atoms with Gasteiger partial charge in [0.2, 0.25) is 0 Å². The molecule has 0 N–H and O–H groups in total. The van der Waals surface area contributed by atoms with Gasteiger partial charge < -0.3 is 14.2 Å². The Hall–Kier alpha value is -1.61. The highest BCUT2D eigenvalue weighted by Gasteiger charge is 2.49. The fraction of sp³-hybridized carbons (Fsp3) is 0.600. The molecule has 26 heavy (non-hydrogen) atoms. The van der Waals surface area contributed by atoms with Gasteiger partial charge in [0, 0.05) is 29.4 Å². The third-order valence-electron chi connectivity index (χ3n) is 5.35.